The Kier molecular flexibility index (Phi) is 4.73. The van der Waals surface area contributed by atoms with Gasteiger partial charge in [0.05, 0.1) is 11.4 Å². The van der Waals surface area contributed by atoms with E-state index in [0.717, 1.165) is 6.39 Å². The van der Waals surface area contributed by atoms with Crippen LogP contribution >= 0.6 is 0 Å². The Morgan fingerprint density at radius 1 is 1.48 bits per heavy atom. The largest absolute Gasteiger partial charge is 0.438 e. The standard InChI is InChI=1S/C12H16N4O4S/c1-2-10-11(20-9-13-10)12(17)15-21(18,19)8-4-7-16-6-3-5-14-16/h3,5-6,9H,2,4,7-8H2,1H3,(H,15,17). The van der Waals surface area contributed by atoms with Crippen molar-refractivity contribution >= 4 is 15.9 Å². The van der Waals surface area contributed by atoms with Gasteiger partial charge >= 0.3 is 5.91 Å². The summed E-state index contributed by atoms with van der Waals surface area (Å²) in [4.78, 5) is 15.7. The molecule has 0 spiro atoms. The van der Waals surface area contributed by atoms with Crippen LogP contribution in [0.15, 0.2) is 29.3 Å². The Morgan fingerprint density at radius 2 is 2.29 bits per heavy atom. The number of nitrogens with zero attached hydrogens (tertiary/aromatic N) is 3. The van der Waals surface area contributed by atoms with Gasteiger partial charge in [0.2, 0.25) is 15.8 Å². The number of aromatic nitrogens is 3. The van der Waals surface area contributed by atoms with Gasteiger partial charge in [-0.2, -0.15) is 5.10 Å². The minimum Gasteiger partial charge on any atom is -0.438 e. The summed E-state index contributed by atoms with van der Waals surface area (Å²) in [6, 6.07) is 1.76. The molecule has 0 aromatic carbocycles. The van der Waals surface area contributed by atoms with Crippen LogP contribution in [-0.2, 0) is 23.0 Å². The van der Waals surface area contributed by atoms with Crippen molar-refractivity contribution in [2.24, 2.45) is 0 Å². The smallest absolute Gasteiger partial charge is 0.302 e. The maximum absolute atomic E-state index is 11.9. The number of amides is 1. The van der Waals surface area contributed by atoms with Crippen molar-refractivity contribution in [3.05, 3.63) is 36.3 Å². The Hall–Kier alpha value is -2.16. The van der Waals surface area contributed by atoms with Gasteiger partial charge in [-0.3, -0.25) is 9.48 Å². The summed E-state index contributed by atoms with van der Waals surface area (Å²) in [6.07, 6.45) is 5.32. The second-order valence-corrected chi connectivity index (χ2v) is 6.20. The number of sulfonamides is 1. The number of hydrogen-bond donors (Lipinski definition) is 1. The van der Waals surface area contributed by atoms with E-state index in [2.05, 4.69) is 10.1 Å². The summed E-state index contributed by atoms with van der Waals surface area (Å²) in [5.74, 6) is -1.02. The molecule has 0 aliphatic rings. The summed E-state index contributed by atoms with van der Waals surface area (Å²) < 4.78 is 32.2. The fourth-order valence-electron chi connectivity index (χ4n) is 1.79. The van der Waals surface area contributed by atoms with Crippen LogP contribution in [-0.4, -0.2) is 34.8 Å². The van der Waals surface area contributed by atoms with Crippen molar-refractivity contribution < 1.29 is 17.6 Å². The maximum atomic E-state index is 11.9. The molecule has 0 saturated carbocycles. The van der Waals surface area contributed by atoms with Crippen LogP contribution in [0.25, 0.3) is 0 Å². The van der Waals surface area contributed by atoms with E-state index in [9.17, 15) is 13.2 Å². The average Bonchev–Trinajstić information content (AvgIpc) is 3.08. The van der Waals surface area contributed by atoms with Crippen molar-refractivity contribution in [3.63, 3.8) is 0 Å². The molecule has 21 heavy (non-hydrogen) atoms. The van der Waals surface area contributed by atoms with E-state index in [-0.39, 0.29) is 11.5 Å². The minimum atomic E-state index is -3.71. The van der Waals surface area contributed by atoms with Gasteiger partial charge in [0.15, 0.2) is 6.39 Å². The summed E-state index contributed by atoms with van der Waals surface area (Å²) in [7, 11) is -3.71. The zero-order valence-electron chi connectivity index (χ0n) is 11.5. The molecule has 114 valence electrons. The summed E-state index contributed by atoms with van der Waals surface area (Å²) in [5, 5.41) is 3.97. The maximum Gasteiger partial charge on any atom is 0.302 e. The molecule has 0 radical (unpaired) electrons. The zero-order valence-corrected chi connectivity index (χ0v) is 12.3. The number of rotatable bonds is 7. The second kappa shape index (κ2) is 6.53. The number of oxazole rings is 1. The van der Waals surface area contributed by atoms with Gasteiger partial charge in [-0.1, -0.05) is 6.92 Å². The van der Waals surface area contributed by atoms with E-state index in [1.54, 1.807) is 30.1 Å². The molecule has 1 amide bonds. The molecule has 2 aromatic heterocycles. The number of hydrogen-bond acceptors (Lipinski definition) is 6. The van der Waals surface area contributed by atoms with Gasteiger partial charge in [0.25, 0.3) is 0 Å². The molecule has 0 aliphatic carbocycles. The van der Waals surface area contributed by atoms with Gasteiger partial charge in [-0.05, 0) is 18.9 Å². The molecule has 2 aromatic rings. The minimum absolute atomic E-state index is 0.0619. The molecule has 2 rings (SSSR count). The topological polar surface area (TPSA) is 107 Å². The van der Waals surface area contributed by atoms with E-state index in [0.29, 0.717) is 25.1 Å². The van der Waals surface area contributed by atoms with Gasteiger partial charge in [-0.15, -0.1) is 0 Å². The summed E-state index contributed by atoms with van der Waals surface area (Å²) in [5.41, 5.74) is 0.430. The first-order valence-corrected chi connectivity index (χ1v) is 8.11. The molecule has 0 fully saturated rings. The molecule has 2 heterocycles. The highest BCUT2D eigenvalue weighted by molar-refractivity contribution is 7.90. The number of carbonyl (C=O) groups excluding carboxylic acids is 1. The molecule has 0 aliphatic heterocycles. The summed E-state index contributed by atoms with van der Waals surface area (Å²) >= 11 is 0. The number of carbonyl (C=O) groups is 1. The van der Waals surface area contributed by atoms with Crippen LogP contribution in [0.5, 0.6) is 0 Å². The van der Waals surface area contributed by atoms with Crippen LogP contribution in [0.4, 0.5) is 0 Å². The van der Waals surface area contributed by atoms with Crippen LogP contribution < -0.4 is 4.72 Å². The highest BCUT2D eigenvalue weighted by Gasteiger charge is 2.21. The third-order valence-electron chi connectivity index (χ3n) is 2.79. The first kappa shape index (κ1) is 15.2. The van der Waals surface area contributed by atoms with E-state index < -0.39 is 15.9 Å². The van der Waals surface area contributed by atoms with Gasteiger partial charge in [0.1, 0.15) is 0 Å². The predicted molar refractivity (Wildman–Crippen MR) is 74.0 cm³/mol. The van der Waals surface area contributed by atoms with Crippen LogP contribution in [0.1, 0.15) is 29.6 Å². The van der Waals surface area contributed by atoms with Crippen LogP contribution in [0, 0.1) is 0 Å². The number of nitrogens with one attached hydrogen (secondary N) is 1. The normalized spacial score (nSPS) is 11.5. The summed E-state index contributed by atoms with van der Waals surface area (Å²) in [6.45, 7) is 2.26. The molecule has 0 bridgehead atoms. The highest BCUT2D eigenvalue weighted by atomic mass is 32.2. The predicted octanol–water partition coefficient (Wildman–Crippen LogP) is 0.583. The first-order valence-electron chi connectivity index (χ1n) is 6.46. The third-order valence-corrected chi connectivity index (χ3v) is 4.11. The SMILES string of the molecule is CCc1ncoc1C(=O)NS(=O)(=O)CCCn1cccn1. The fourth-order valence-corrected chi connectivity index (χ4v) is 2.78. The lowest BCUT2D eigenvalue weighted by Gasteiger charge is -2.06. The molecular formula is C12H16N4O4S. The molecule has 8 nitrogen and oxygen atoms in total. The fraction of sp³-hybridized carbons (Fsp3) is 0.417. The van der Waals surface area contributed by atoms with Crippen molar-refractivity contribution in [1.82, 2.24) is 19.5 Å². The molecule has 0 unspecified atom stereocenters. The second-order valence-electron chi connectivity index (χ2n) is 4.35. The highest BCUT2D eigenvalue weighted by Crippen LogP contribution is 2.08. The zero-order chi connectivity index (χ0) is 15.3. The third kappa shape index (κ3) is 4.15. The van der Waals surface area contributed by atoms with Crippen molar-refractivity contribution in [2.45, 2.75) is 26.3 Å². The lowest BCUT2D eigenvalue weighted by Crippen LogP contribution is -2.33. The number of aryl methyl sites for hydroxylation is 2. The molecule has 9 heteroatoms. The molecule has 0 saturated heterocycles. The van der Waals surface area contributed by atoms with E-state index in [1.807, 2.05) is 4.72 Å². The monoisotopic (exact) mass is 312 g/mol. The quantitative estimate of drug-likeness (QED) is 0.801. The van der Waals surface area contributed by atoms with Gasteiger partial charge in [0, 0.05) is 18.9 Å². The molecule has 0 atom stereocenters. The lowest BCUT2D eigenvalue weighted by atomic mass is 10.3. The van der Waals surface area contributed by atoms with Crippen molar-refractivity contribution in [2.75, 3.05) is 5.75 Å². The van der Waals surface area contributed by atoms with E-state index in [4.69, 9.17) is 4.42 Å². The molecule has 1 N–H and O–H groups in total. The Bertz CT molecular complexity index is 691. The van der Waals surface area contributed by atoms with E-state index in [1.165, 1.54) is 0 Å². The molecular weight excluding hydrogens is 296 g/mol. The Morgan fingerprint density at radius 3 is 2.95 bits per heavy atom. The van der Waals surface area contributed by atoms with E-state index >= 15 is 0 Å². The van der Waals surface area contributed by atoms with Crippen LogP contribution in [0.3, 0.4) is 0 Å². The average molecular weight is 312 g/mol. The first-order chi connectivity index (χ1) is 10.0. The lowest BCUT2D eigenvalue weighted by molar-refractivity contribution is 0.0953. The Labute approximate surface area is 122 Å². The van der Waals surface area contributed by atoms with Crippen molar-refractivity contribution in [1.29, 1.82) is 0 Å². The Balaban J connectivity index is 1.90. The van der Waals surface area contributed by atoms with Crippen LogP contribution in [0.2, 0.25) is 0 Å². The van der Waals surface area contributed by atoms with Crippen molar-refractivity contribution in [3.8, 4) is 0 Å². The van der Waals surface area contributed by atoms with Gasteiger partial charge in [-0.25, -0.2) is 18.1 Å². The van der Waals surface area contributed by atoms with Gasteiger partial charge < -0.3 is 4.42 Å².